The van der Waals surface area contributed by atoms with Gasteiger partial charge in [-0.05, 0) is 56.5 Å². The van der Waals surface area contributed by atoms with E-state index in [4.69, 9.17) is 0 Å². The number of para-hydroxylation sites is 1. The molecule has 1 atom stereocenters. The Morgan fingerprint density at radius 3 is 2.51 bits per heavy atom. The summed E-state index contributed by atoms with van der Waals surface area (Å²) in [5.74, 6) is -1.49. The zero-order valence-electron chi connectivity index (χ0n) is 20.2. The summed E-state index contributed by atoms with van der Waals surface area (Å²) in [6.45, 7) is 5.17. The molecule has 2 heterocycles. The molecule has 0 bridgehead atoms. The number of hydrogen-bond donors (Lipinski definition) is 2. The molecule has 0 radical (unpaired) electrons. The molecule has 3 aromatic rings. The van der Waals surface area contributed by atoms with Crippen LogP contribution in [-0.4, -0.2) is 33.9 Å². The first kappa shape index (κ1) is 23.1. The Bertz CT molecular complexity index is 1360. The first-order valence-electron chi connectivity index (χ1n) is 12.0. The molecule has 1 aliphatic heterocycles. The predicted octanol–water partition coefficient (Wildman–Crippen LogP) is 4.53. The van der Waals surface area contributed by atoms with Crippen molar-refractivity contribution >= 4 is 40.0 Å². The number of anilines is 2. The van der Waals surface area contributed by atoms with Gasteiger partial charge in [0.15, 0.2) is 0 Å². The molecule has 7 nitrogen and oxygen atoms in total. The largest absolute Gasteiger partial charge is 0.351 e. The Morgan fingerprint density at radius 1 is 1.11 bits per heavy atom. The maximum Gasteiger partial charge on any atom is 0.278 e. The summed E-state index contributed by atoms with van der Waals surface area (Å²) >= 11 is 0. The number of carbonyl (C=O) groups excluding carboxylic acids is 3. The van der Waals surface area contributed by atoms with Gasteiger partial charge in [-0.3, -0.25) is 19.3 Å². The highest BCUT2D eigenvalue weighted by Gasteiger charge is 2.50. The lowest BCUT2D eigenvalue weighted by atomic mass is 9.92. The summed E-state index contributed by atoms with van der Waals surface area (Å²) in [5.41, 5.74) is 1.30. The van der Waals surface area contributed by atoms with E-state index in [9.17, 15) is 18.8 Å². The summed E-state index contributed by atoms with van der Waals surface area (Å²) in [5, 5.41) is 6.35. The van der Waals surface area contributed by atoms with Crippen molar-refractivity contribution in [1.29, 1.82) is 0 Å². The molecule has 8 heteroatoms. The van der Waals surface area contributed by atoms with Crippen LogP contribution >= 0.6 is 0 Å². The summed E-state index contributed by atoms with van der Waals surface area (Å²) in [7, 11) is 0. The van der Waals surface area contributed by atoms with Crippen molar-refractivity contribution in [3.8, 4) is 0 Å². The molecule has 1 saturated carbocycles. The number of nitrogens with one attached hydrogen (secondary N) is 2. The average molecular weight is 477 g/mol. The molecule has 2 N–H and O–H groups in total. The van der Waals surface area contributed by atoms with E-state index in [1.807, 2.05) is 31.2 Å². The number of carbonyl (C=O) groups is 3. The topological polar surface area (TPSA) is 83.4 Å². The minimum absolute atomic E-state index is 0.0833. The molecular formula is C27H29FN4O3. The second-order valence-corrected chi connectivity index (χ2v) is 9.81. The maximum atomic E-state index is 14.3. The summed E-state index contributed by atoms with van der Waals surface area (Å²) in [4.78, 5) is 41.7. The fourth-order valence-corrected chi connectivity index (χ4v) is 5.50. The molecule has 182 valence electrons. The third-order valence-electron chi connectivity index (χ3n) is 7.23. The summed E-state index contributed by atoms with van der Waals surface area (Å²) < 4.78 is 16.0. The lowest BCUT2D eigenvalue weighted by Gasteiger charge is -2.45. The van der Waals surface area contributed by atoms with Crippen molar-refractivity contribution in [3.63, 3.8) is 0 Å². The third-order valence-corrected chi connectivity index (χ3v) is 7.23. The van der Waals surface area contributed by atoms with Crippen molar-refractivity contribution in [2.45, 2.75) is 64.6 Å². The molecule has 2 aromatic carbocycles. The van der Waals surface area contributed by atoms with Gasteiger partial charge in [-0.2, -0.15) is 0 Å². The SMILES string of the molecule is CC(=O)Nc1c2n(c3ccc(F)cc13)C[C@@](C)(C(=O)NC1CCCC1)N(c1ccccc1C)C2=O. The van der Waals surface area contributed by atoms with Crippen molar-refractivity contribution < 1.29 is 18.8 Å². The highest BCUT2D eigenvalue weighted by atomic mass is 19.1. The van der Waals surface area contributed by atoms with Gasteiger partial charge in [0, 0.05) is 24.0 Å². The molecule has 0 saturated heterocycles. The quantitative estimate of drug-likeness (QED) is 0.581. The number of nitrogens with zero attached hydrogens (tertiary/aromatic N) is 2. The fraction of sp³-hybridized carbons (Fsp3) is 0.370. The van der Waals surface area contributed by atoms with Gasteiger partial charge in [-0.1, -0.05) is 31.0 Å². The van der Waals surface area contributed by atoms with Gasteiger partial charge in [0.05, 0.1) is 17.7 Å². The van der Waals surface area contributed by atoms with Gasteiger partial charge < -0.3 is 15.2 Å². The molecular weight excluding hydrogens is 447 g/mol. The summed E-state index contributed by atoms with van der Waals surface area (Å²) in [6.07, 6.45) is 3.98. The number of rotatable bonds is 4. The second-order valence-electron chi connectivity index (χ2n) is 9.81. The third kappa shape index (κ3) is 3.77. The lowest BCUT2D eigenvalue weighted by Crippen LogP contribution is -2.65. The van der Waals surface area contributed by atoms with E-state index in [0.717, 1.165) is 31.2 Å². The average Bonchev–Trinajstić information content (AvgIpc) is 3.41. The number of amides is 3. The van der Waals surface area contributed by atoms with Crippen LogP contribution in [-0.2, 0) is 16.1 Å². The molecule has 3 amide bonds. The number of benzene rings is 2. The minimum Gasteiger partial charge on any atom is -0.351 e. The van der Waals surface area contributed by atoms with Crippen LogP contribution in [0.1, 0.15) is 55.6 Å². The van der Waals surface area contributed by atoms with Gasteiger partial charge >= 0.3 is 0 Å². The molecule has 0 unspecified atom stereocenters. The van der Waals surface area contributed by atoms with Crippen molar-refractivity contribution in [2.75, 3.05) is 10.2 Å². The van der Waals surface area contributed by atoms with Crippen molar-refractivity contribution in [3.05, 3.63) is 59.5 Å². The highest BCUT2D eigenvalue weighted by molar-refractivity contribution is 6.20. The fourth-order valence-electron chi connectivity index (χ4n) is 5.50. The molecule has 2 aliphatic rings. The number of aryl methyl sites for hydroxylation is 1. The predicted molar refractivity (Wildman–Crippen MR) is 133 cm³/mol. The van der Waals surface area contributed by atoms with Gasteiger partial charge in [-0.25, -0.2) is 4.39 Å². The van der Waals surface area contributed by atoms with Crippen LogP contribution in [0.5, 0.6) is 0 Å². The van der Waals surface area contributed by atoms with E-state index < -0.39 is 17.3 Å². The second kappa shape index (κ2) is 8.52. The molecule has 5 rings (SSSR count). The molecule has 35 heavy (non-hydrogen) atoms. The smallest absolute Gasteiger partial charge is 0.278 e. The maximum absolute atomic E-state index is 14.3. The van der Waals surface area contributed by atoms with Gasteiger partial charge in [-0.15, -0.1) is 0 Å². The van der Waals surface area contributed by atoms with Crippen LogP contribution in [0.15, 0.2) is 42.5 Å². The number of hydrogen-bond acceptors (Lipinski definition) is 3. The lowest BCUT2D eigenvalue weighted by molar-refractivity contribution is -0.127. The molecule has 1 aromatic heterocycles. The first-order valence-corrected chi connectivity index (χ1v) is 12.0. The van der Waals surface area contributed by atoms with Crippen LogP contribution in [0.25, 0.3) is 10.9 Å². The summed E-state index contributed by atoms with van der Waals surface area (Å²) in [6, 6.07) is 11.7. The standard InChI is InChI=1S/C27H29FN4O3/c1-16-8-4-7-11-21(16)32-25(34)24-23(29-17(2)33)20-14-18(28)12-13-22(20)31(24)15-27(32,3)26(35)30-19-9-5-6-10-19/h4,7-8,11-14,19H,5-6,9-10,15H2,1-3H3,(H,29,33)(H,30,35)/t27-/m0/s1. The zero-order chi connectivity index (χ0) is 24.9. The molecule has 0 spiro atoms. The monoisotopic (exact) mass is 476 g/mol. The van der Waals surface area contributed by atoms with E-state index in [1.54, 1.807) is 22.5 Å². The van der Waals surface area contributed by atoms with E-state index in [1.165, 1.54) is 19.1 Å². The van der Waals surface area contributed by atoms with Gasteiger partial charge in [0.25, 0.3) is 5.91 Å². The van der Waals surface area contributed by atoms with Crippen LogP contribution in [0.3, 0.4) is 0 Å². The highest BCUT2D eigenvalue weighted by Crippen LogP contribution is 2.42. The first-order chi connectivity index (χ1) is 16.7. The number of halogens is 1. The van der Waals surface area contributed by atoms with Gasteiger partial charge in [0.1, 0.15) is 17.1 Å². The van der Waals surface area contributed by atoms with E-state index in [2.05, 4.69) is 10.6 Å². The van der Waals surface area contributed by atoms with E-state index in [-0.39, 0.29) is 35.8 Å². The van der Waals surface area contributed by atoms with Crippen molar-refractivity contribution in [1.82, 2.24) is 9.88 Å². The minimum atomic E-state index is -1.24. The van der Waals surface area contributed by atoms with Gasteiger partial charge in [0.2, 0.25) is 11.8 Å². The van der Waals surface area contributed by atoms with Crippen LogP contribution < -0.4 is 15.5 Å². The molecule has 1 aliphatic carbocycles. The van der Waals surface area contributed by atoms with Crippen LogP contribution in [0.2, 0.25) is 0 Å². The van der Waals surface area contributed by atoms with Crippen LogP contribution in [0, 0.1) is 12.7 Å². The normalized spacial score (nSPS) is 20.2. The Kier molecular flexibility index (Phi) is 5.62. The zero-order valence-corrected chi connectivity index (χ0v) is 20.2. The Balaban J connectivity index is 1.73. The molecule has 1 fully saturated rings. The van der Waals surface area contributed by atoms with Crippen molar-refractivity contribution in [2.24, 2.45) is 0 Å². The Morgan fingerprint density at radius 2 is 1.83 bits per heavy atom. The number of fused-ring (bicyclic) bond motifs is 3. The number of aromatic nitrogens is 1. The van der Waals surface area contributed by atoms with Crippen LogP contribution in [0.4, 0.5) is 15.8 Å². The van der Waals surface area contributed by atoms with E-state index >= 15 is 0 Å². The Hall–Kier alpha value is -3.68. The Labute approximate surface area is 203 Å². The van der Waals surface area contributed by atoms with E-state index in [0.29, 0.717) is 16.6 Å².